The zero-order valence-electron chi connectivity index (χ0n) is 14.7. The predicted molar refractivity (Wildman–Crippen MR) is 111 cm³/mol. The lowest BCUT2D eigenvalue weighted by molar-refractivity contribution is 0.0968. The van der Waals surface area contributed by atoms with Gasteiger partial charge in [0.25, 0.3) is 0 Å². The molecule has 1 aliphatic rings. The van der Waals surface area contributed by atoms with Crippen molar-refractivity contribution in [2.45, 2.75) is 32.4 Å². The summed E-state index contributed by atoms with van der Waals surface area (Å²) in [7, 11) is 0. The van der Waals surface area contributed by atoms with E-state index in [1.54, 1.807) is 11.3 Å². The third kappa shape index (κ3) is 4.00. The maximum absolute atomic E-state index is 5.90. The summed E-state index contributed by atoms with van der Waals surface area (Å²) in [5.74, 6) is 0. The van der Waals surface area contributed by atoms with Gasteiger partial charge in [-0.05, 0) is 49.6 Å². The number of hydrogen-bond acceptors (Lipinski definition) is 3. The van der Waals surface area contributed by atoms with Crippen molar-refractivity contribution in [1.29, 1.82) is 0 Å². The second-order valence-corrected chi connectivity index (χ2v) is 8.36. The molecule has 2 aromatic carbocycles. The van der Waals surface area contributed by atoms with Crippen LogP contribution in [0.2, 0.25) is 0 Å². The summed E-state index contributed by atoms with van der Waals surface area (Å²) >= 11 is 5.27. The van der Waals surface area contributed by atoms with E-state index in [1.165, 1.54) is 16.8 Å². The van der Waals surface area contributed by atoms with Crippen molar-refractivity contribution in [3.8, 4) is 11.3 Å². The van der Waals surface area contributed by atoms with E-state index in [-0.39, 0.29) is 6.10 Å². The van der Waals surface area contributed by atoms with Gasteiger partial charge < -0.3 is 9.30 Å². The number of rotatable bonds is 4. The molecular formula is C21H21BrN2OS. The molecule has 2 heterocycles. The van der Waals surface area contributed by atoms with Gasteiger partial charge in [-0.15, -0.1) is 11.3 Å². The Labute approximate surface area is 166 Å². The zero-order valence-corrected chi connectivity index (χ0v) is 17.1. The number of hydrogen-bond donors (Lipinski definition) is 0. The summed E-state index contributed by atoms with van der Waals surface area (Å²) in [6.07, 6.45) is 2.53. The first-order valence-corrected chi connectivity index (χ1v) is 10.5. The fourth-order valence-corrected chi connectivity index (χ4v) is 4.61. The first kappa shape index (κ1) is 17.7. The van der Waals surface area contributed by atoms with Crippen LogP contribution in [0.15, 0.2) is 63.4 Å². The Kier molecular flexibility index (Phi) is 5.38. The van der Waals surface area contributed by atoms with Gasteiger partial charge in [-0.1, -0.05) is 40.2 Å². The van der Waals surface area contributed by atoms with Crippen molar-refractivity contribution in [3.05, 3.63) is 68.7 Å². The SMILES string of the molecule is Cc1cccc(N=c2scc(-c3cccc(Br)c3)n2CC2CCCO2)c1. The minimum atomic E-state index is 0.270. The van der Waals surface area contributed by atoms with Crippen LogP contribution in [0, 0.1) is 6.92 Å². The minimum absolute atomic E-state index is 0.270. The maximum atomic E-state index is 5.90. The highest BCUT2D eigenvalue weighted by atomic mass is 79.9. The van der Waals surface area contributed by atoms with E-state index in [9.17, 15) is 0 Å². The third-order valence-electron chi connectivity index (χ3n) is 4.55. The van der Waals surface area contributed by atoms with Crippen LogP contribution in [-0.2, 0) is 11.3 Å². The van der Waals surface area contributed by atoms with E-state index < -0.39 is 0 Å². The van der Waals surface area contributed by atoms with Gasteiger partial charge in [-0.25, -0.2) is 4.99 Å². The van der Waals surface area contributed by atoms with Crippen LogP contribution in [0.3, 0.4) is 0 Å². The second-order valence-electron chi connectivity index (χ2n) is 6.61. The van der Waals surface area contributed by atoms with E-state index >= 15 is 0 Å². The molecule has 134 valence electrons. The maximum Gasteiger partial charge on any atom is 0.190 e. The smallest absolute Gasteiger partial charge is 0.190 e. The van der Waals surface area contributed by atoms with Crippen LogP contribution in [0.1, 0.15) is 18.4 Å². The number of benzene rings is 2. The fraction of sp³-hybridized carbons (Fsp3) is 0.286. The molecule has 3 aromatic rings. The van der Waals surface area contributed by atoms with E-state index in [0.717, 1.165) is 41.0 Å². The van der Waals surface area contributed by atoms with Gasteiger partial charge in [0.1, 0.15) is 0 Å². The highest BCUT2D eigenvalue weighted by Crippen LogP contribution is 2.26. The molecule has 1 saturated heterocycles. The Balaban J connectivity index is 1.80. The van der Waals surface area contributed by atoms with Crippen molar-refractivity contribution in [2.75, 3.05) is 6.61 Å². The Morgan fingerprint density at radius 2 is 2.12 bits per heavy atom. The van der Waals surface area contributed by atoms with Crippen molar-refractivity contribution in [3.63, 3.8) is 0 Å². The largest absolute Gasteiger partial charge is 0.376 e. The fourth-order valence-electron chi connectivity index (χ4n) is 3.27. The van der Waals surface area contributed by atoms with Crippen LogP contribution < -0.4 is 4.80 Å². The van der Waals surface area contributed by atoms with Crippen LogP contribution >= 0.6 is 27.3 Å². The average molecular weight is 429 g/mol. The van der Waals surface area contributed by atoms with Gasteiger partial charge in [0.15, 0.2) is 4.80 Å². The molecule has 1 fully saturated rings. The van der Waals surface area contributed by atoms with Gasteiger partial charge in [-0.2, -0.15) is 0 Å². The second kappa shape index (κ2) is 7.91. The van der Waals surface area contributed by atoms with Crippen molar-refractivity contribution >= 4 is 33.0 Å². The number of halogens is 1. The van der Waals surface area contributed by atoms with Gasteiger partial charge in [0.05, 0.1) is 24.0 Å². The molecule has 0 aliphatic carbocycles. The molecule has 0 saturated carbocycles. The van der Waals surface area contributed by atoms with Gasteiger partial charge in [-0.3, -0.25) is 0 Å². The van der Waals surface area contributed by atoms with E-state index in [0.29, 0.717) is 0 Å². The molecule has 0 N–H and O–H groups in total. The highest BCUT2D eigenvalue weighted by molar-refractivity contribution is 9.10. The minimum Gasteiger partial charge on any atom is -0.376 e. The van der Waals surface area contributed by atoms with Crippen molar-refractivity contribution < 1.29 is 4.74 Å². The first-order valence-electron chi connectivity index (χ1n) is 8.86. The van der Waals surface area contributed by atoms with Gasteiger partial charge in [0.2, 0.25) is 0 Å². The molecule has 1 unspecified atom stereocenters. The molecule has 1 aromatic heterocycles. The molecule has 1 aliphatic heterocycles. The lowest BCUT2D eigenvalue weighted by Crippen LogP contribution is -2.24. The lowest BCUT2D eigenvalue weighted by atomic mass is 10.1. The highest BCUT2D eigenvalue weighted by Gasteiger charge is 2.19. The lowest BCUT2D eigenvalue weighted by Gasteiger charge is -2.14. The predicted octanol–water partition coefficient (Wildman–Crippen LogP) is 5.70. The first-order chi connectivity index (χ1) is 12.7. The molecule has 26 heavy (non-hydrogen) atoms. The van der Waals surface area contributed by atoms with Crippen LogP contribution in [0.4, 0.5) is 5.69 Å². The quantitative estimate of drug-likeness (QED) is 0.523. The Morgan fingerprint density at radius 3 is 2.88 bits per heavy atom. The molecule has 5 heteroatoms. The molecule has 1 atom stereocenters. The summed E-state index contributed by atoms with van der Waals surface area (Å²) in [6.45, 7) is 3.81. The Morgan fingerprint density at radius 1 is 1.23 bits per heavy atom. The number of nitrogens with zero attached hydrogens (tertiary/aromatic N) is 2. The van der Waals surface area contributed by atoms with Crippen LogP contribution in [-0.4, -0.2) is 17.3 Å². The van der Waals surface area contributed by atoms with Crippen molar-refractivity contribution in [1.82, 2.24) is 4.57 Å². The van der Waals surface area contributed by atoms with Crippen LogP contribution in [0.5, 0.6) is 0 Å². The monoisotopic (exact) mass is 428 g/mol. The van der Waals surface area contributed by atoms with E-state index in [1.807, 2.05) is 0 Å². The van der Waals surface area contributed by atoms with E-state index in [2.05, 4.69) is 81.3 Å². The van der Waals surface area contributed by atoms with Gasteiger partial charge in [0, 0.05) is 22.0 Å². The summed E-state index contributed by atoms with van der Waals surface area (Å²) in [4.78, 5) is 5.94. The standard InChI is InChI=1S/C21H21BrN2OS/c1-15-5-2-8-18(11-15)23-21-24(13-19-9-4-10-25-19)20(14-26-21)16-6-3-7-17(22)12-16/h2-3,5-8,11-12,14,19H,4,9-10,13H2,1H3. The molecular weight excluding hydrogens is 408 g/mol. The molecule has 0 spiro atoms. The zero-order chi connectivity index (χ0) is 17.9. The van der Waals surface area contributed by atoms with Crippen molar-refractivity contribution in [2.24, 2.45) is 4.99 Å². The van der Waals surface area contributed by atoms with E-state index in [4.69, 9.17) is 9.73 Å². The normalized spacial score (nSPS) is 17.8. The van der Waals surface area contributed by atoms with Gasteiger partial charge >= 0.3 is 0 Å². The third-order valence-corrected chi connectivity index (χ3v) is 5.91. The molecule has 0 bridgehead atoms. The topological polar surface area (TPSA) is 26.5 Å². The number of aryl methyl sites for hydroxylation is 1. The molecule has 0 radical (unpaired) electrons. The van der Waals surface area contributed by atoms with Crippen LogP contribution in [0.25, 0.3) is 11.3 Å². The summed E-state index contributed by atoms with van der Waals surface area (Å²) in [5.41, 5.74) is 4.60. The molecule has 0 amide bonds. The Bertz CT molecular complexity index is 970. The number of thiazole rings is 1. The molecule has 4 rings (SSSR count). The molecule has 3 nitrogen and oxygen atoms in total. The average Bonchev–Trinajstić information content (AvgIpc) is 3.26. The number of aromatic nitrogens is 1. The summed E-state index contributed by atoms with van der Waals surface area (Å²) in [5, 5.41) is 2.20. The Hall–Kier alpha value is -1.69. The summed E-state index contributed by atoms with van der Waals surface area (Å²) < 4.78 is 9.29. The number of ether oxygens (including phenoxy) is 1. The summed E-state index contributed by atoms with van der Waals surface area (Å²) in [6, 6.07) is 16.8.